The Bertz CT molecular complexity index is 840. The van der Waals surface area contributed by atoms with Gasteiger partial charge in [0.15, 0.2) is 5.82 Å². The molecule has 0 N–H and O–H groups in total. The van der Waals surface area contributed by atoms with E-state index in [-0.39, 0.29) is 0 Å². The van der Waals surface area contributed by atoms with Gasteiger partial charge in [-0.1, -0.05) is 79.9 Å². The predicted octanol–water partition coefficient (Wildman–Crippen LogP) is 5.63. The van der Waals surface area contributed by atoms with Crippen LogP contribution in [0.4, 0.5) is 0 Å². The van der Waals surface area contributed by atoms with Crippen molar-refractivity contribution < 1.29 is 0 Å². The lowest BCUT2D eigenvalue weighted by Crippen LogP contribution is -2.01. The largest absolute Gasteiger partial charge is 0.228 e. The van der Waals surface area contributed by atoms with Crippen molar-refractivity contribution in [2.24, 2.45) is 0 Å². The van der Waals surface area contributed by atoms with Crippen LogP contribution < -0.4 is 0 Å². The number of nitrogens with zero attached hydrogens (tertiary/aromatic N) is 2. The maximum absolute atomic E-state index is 4.74. The first-order valence-corrected chi connectivity index (χ1v) is 8.07. The van der Waals surface area contributed by atoms with E-state index >= 15 is 0 Å². The lowest BCUT2D eigenvalue weighted by molar-refractivity contribution is 1.02. The van der Waals surface area contributed by atoms with Gasteiger partial charge in [-0.2, -0.15) is 0 Å². The van der Waals surface area contributed by atoms with E-state index in [1.807, 2.05) is 30.4 Å². The molecule has 0 aliphatic heterocycles. The maximum Gasteiger partial charge on any atom is 0.159 e. The fraction of sp³-hybridized carbons (Fsp3) is 0.0909. The third-order valence-corrected chi connectivity index (χ3v) is 3.86. The molecule has 0 fully saturated rings. The Labute approximate surface area is 143 Å². The molecule has 24 heavy (non-hydrogen) atoms. The molecule has 1 aliphatic carbocycles. The summed E-state index contributed by atoms with van der Waals surface area (Å²) >= 11 is 0. The maximum atomic E-state index is 4.74. The summed E-state index contributed by atoms with van der Waals surface area (Å²) < 4.78 is 0. The first-order valence-electron chi connectivity index (χ1n) is 8.07. The molecule has 2 heteroatoms. The Balaban J connectivity index is 2.10. The van der Waals surface area contributed by atoms with E-state index in [4.69, 9.17) is 9.97 Å². The summed E-state index contributed by atoms with van der Waals surface area (Å²) in [6.07, 6.45) is 13.9. The average molecular weight is 312 g/mol. The summed E-state index contributed by atoms with van der Waals surface area (Å²) in [7, 11) is 0. The van der Waals surface area contributed by atoms with Gasteiger partial charge in [-0.05, 0) is 24.5 Å². The average Bonchev–Trinajstić information content (AvgIpc) is 2.67. The zero-order chi connectivity index (χ0) is 16.8. The molecule has 0 spiro atoms. The smallest absolute Gasteiger partial charge is 0.159 e. The minimum Gasteiger partial charge on any atom is -0.228 e. The van der Waals surface area contributed by atoms with Crippen molar-refractivity contribution in [1.29, 1.82) is 0 Å². The van der Waals surface area contributed by atoms with Crippen molar-refractivity contribution in [2.45, 2.75) is 12.8 Å². The van der Waals surface area contributed by atoms with Crippen LogP contribution in [0.15, 0.2) is 86.0 Å². The molecule has 0 unspecified atom stereocenters. The van der Waals surface area contributed by atoms with Crippen LogP contribution in [0, 0.1) is 0 Å². The van der Waals surface area contributed by atoms with E-state index in [2.05, 4.69) is 49.6 Å². The second-order valence-corrected chi connectivity index (χ2v) is 5.61. The molecule has 0 atom stereocenters. The standard InChI is InChI=1S/C22H20N2/c1-3-4-11-17(2)22-23-20(18-12-7-5-8-13-18)16-21(24-22)19-14-9-6-10-15-19/h3-9,11-14,16H,1-2,10,15H2/b11-4-. The molecule has 1 aliphatic rings. The minimum atomic E-state index is 0.653. The first kappa shape index (κ1) is 15.9. The highest BCUT2D eigenvalue weighted by atomic mass is 14.9. The highest BCUT2D eigenvalue weighted by molar-refractivity contribution is 5.74. The van der Waals surface area contributed by atoms with E-state index in [0.717, 1.165) is 35.4 Å². The van der Waals surface area contributed by atoms with Gasteiger partial charge in [-0.25, -0.2) is 9.97 Å². The number of allylic oxidation sites excluding steroid dienone is 8. The normalized spacial score (nSPS) is 13.8. The second-order valence-electron chi connectivity index (χ2n) is 5.61. The zero-order valence-corrected chi connectivity index (χ0v) is 13.7. The van der Waals surface area contributed by atoms with Crippen molar-refractivity contribution in [3.63, 3.8) is 0 Å². The SMILES string of the molecule is C=C/C=C\C(=C)c1nc(C2=CC=CCC2)cc(-c2ccccc2)n1. The highest BCUT2D eigenvalue weighted by Gasteiger charge is 2.12. The Hall–Kier alpha value is -3.00. The zero-order valence-electron chi connectivity index (χ0n) is 13.7. The van der Waals surface area contributed by atoms with Crippen molar-refractivity contribution in [1.82, 2.24) is 9.97 Å². The number of hydrogen-bond acceptors (Lipinski definition) is 2. The summed E-state index contributed by atoms with van der Waals surface area (Å²) in [4.78, 5) is 9.45. The van der Waals surface area contributed by atoms with Gasteiger partial charge in [0.2, 0.25) is 0 Å². The molecule has 0 bridgehead atoms. The molecule has 0 radical (unpaired) electrons. The Morgan fingerprint density at radius 1 is 1.08 bits per heavy atom. The van der Waals surface area contributed by atoms with Crippen LogP contribution >= 0.6 is 0 Å². The fourth-order valence-corrected chi connectivity index (χ4v) is 2.59. The number of rotatable bonds is 5. The van der Waals surface area contributed by atoms with E-state index in [1.165, 1.54) is 5.57 Å². The molecule has 0 saturated carbocycles. The molecule has 0 saturated heterocycles. The second kappa shape index (κ2) is 7.51. The molecule has 118 valence electrons. The molecular formula is C22H20N2. The lowest BCUT2D eigenvalue weighted by Gasteiger charge is -2.12. The molecule has 1 aromatic carbocycles. The molecule has 1 heterocycles. The van der Waals surface area contributed by atoms with Gasteiger partial charge in [0.25, 0.3) is 0 Å². The third kappa shape index (κ3) is 3.66. The van der Waals surface area contributed by atoms with Crippen LogP contribution in [-0.2, 0) is 0 Å². The highest BCUT2D eigenvalue weighted by Crippen LogP contribution is 2.27. The third-order valence-electron chi connectivity index (χ3n) is 3.86. The van der Waals surface area contributed by atoms with Gasteiger partial charge in [-0.3, -0.25) is 0 Å². The molecule has 1 aromatic heterocycles. The van der Waals surface area contributed by atoms with Crippen LogP contribution in [0.25, 0.3) is 22.4 Å². The van der Waals surface area contributed by atoms with Gasteiger partial charge in [0.1, 0.15) is 0 Å². The van der Waals surface area contributed by atoms with Crippen molar-refractivity contribution in [3.05, 3.63) is 97.5 Å². The molecule has 2 nitrogen and oxygen atoms in total. The first-order chi connectivity index (χ1) is 11.8. The van der Waals surface area contributed by atoms with E-state index < -0.39 is 0 Å². The monoisotopic (exact) mass is 312 g/mol. The summed E-state index contributed by atoms with van der Waals surface area (Å²) in [6.45, 7) is 7.79. The Kier molecular flexibility index (Phi) is 4.97. The lowest BCUT2D eigenvalue weighted by atomic mass is 10.00. The summed E-state index contributed by atoms with van der Waals surface area (Å²) in [5.41, 5.74) is 4.98. The fourth-order valence-electron chi connectivity index (χ4n) is 2.59. The molecule has 3 rings (SSSR count). The van der Waals surface area contributed by atoms with Gasteiger partial charge in [0.05, 0.1) is 11.4 Å². The number of hydrogen-bond donors (Lipinski definition) is 0. The van der Waals surface area contributed by atoms with Gasteiger partial charge in [-0.15, -0.1) is 0 Å². The number of benzene rings is 1. The Morgan fingerprint density at radius 2 is 1.88 bits per heavy atom. The van der Waals surface area contributed by atoms with Crippen LogP contribution in [0.5, 0.6) is 0 Å². The quantitative estimate of drug-likeness (QED) is 0.668. The van der Waals surface area contributed by atoms with E-state index in [9.17, 15) is 0 Å². The Morgan fingerprint density at radius 3 is 2.58 bits per heavy atom. The minimum absolute atomic E-state index is 0.653. The van der Waals surface area contributed by atoms with Crippen LogP contribution in [0.1, 0.15) is 24.4 Å². The molecule has 0 amide bonds. The van der Waals surface area contributed by atoms with E-state index in [1.54, 1.807) is 6.08 Å². The number of aromatic nitrogens is 2. The van der Waals surface area contributed by atoms with Gasteiger partial charge >= 0.3 is 0 Å². The van der Waals surface area contributed by atoms with Crippen molar-refractivity contribution in [3.8, 4) is 11.3 Å². The summed E-state index contributed by atoms with van der Waals surface area (Å²) in [6, 6.07) is 12.2. The van der Waals surface area contributed by atoms with Crippen LogP contribution in [-0.4, -0.2) is 9.97 Å². The van der Waals surface area contributed by atoms with E-state index in [0.29, 0.717) is 5.82 Å². The van der Waals surface area contributed by atoms with Crippen molar-refractivity contribution in [2.75, 3.05) is 0 Å². The molecule has 2 aromatic rings. The van der Waals surface area contributed by atoms with Crippen molar-refractivity contribution >= 4 is 11.1 Å². The molecular weight excluding hydrogens is 292 g/mol. The van der Waals surface area contributed by atoms with Crippen LogP contribution in [0.2, 0.25) is 0 Å². The van der Waals surface area contributed by atoms with Gasteiger partial charge < -0.3 is 0 Å². The summed E-state index contributed by atoms with van der Waals surface area (Å²) in [5, 5.41) is 0. The van der Waals surface area contributed by atoms with Gasteiger partial charge in [0, 0.05) is 11.1 Å². The topological polar surface area (TPSA) is 25.8 Å². The predicted molar refractivity (Wildman–Crippen MR) is 102 cm³/mol. The van der Waals surface area contributed by atoms with Crippen LogP contribution in [0.3, 0.4) is 0 Å². The summed E-state index contributed by atoms with van der Waals surface area (Å²) in [5.74, 6) is 0.653.